The number of hydrogen-bond acceptors (Lipinski definition) is 4. The fourth-order valence-corrected chi connectivity index (χ4v) is 5.45. The zero-order valence-corrected chi connectivity index (χ0v) is 13.7. The summed E-state index contributed by atoms with van der Waals surface area (Å²) in [6.45, 7) is 1.88. The minimum absolute atomic E-state index is 0.0329. The van der Waals surface area contributed by atoms with Crippen LogP contribution in [-0.2, 0) is 14.6 Å². The number of hydrogen-bond donors (Lipinski definition) is 1. The van der Waals surface area contributed by atoms with Gasteiger partial charge in [0.25, 0.3) is 0 Å². The molecule has 1 fully saturated rings. The molecule has 5 nitrogen and oxygen atoms in total. The van der Waals surface area contributed by atoms with Gasteiger partial charge in [-0.3, -0.25) is 4.79 Å². The average molecular weight is 341 g/mol. The maximum Gasteiger partial charge on any atom is 0.326 e. The van der Waals surface area contributed by atoms with Crippen molar-refractivity contribution in [2.75, 3.05) is 0 Å². The first-order chi connectivity index (χ1) is 11.4. The van der Waals surface area contributed by atoms with Crippen LogP contribution in [0, 0.1) is 23.7 Å². The highest BCUT2D eigenvalue weighted by molar-refractivity contribution is 7.92. The molecule has 6 heteroatoms. The van der Waals surface area contributed by atoms with Crippen LogP contribution in [0.1, 0.15) is 17.0 Å². The number of rotatable bonds is 4. The van der Waals surface area contributed by atoms with Crippen molar-refractivity contribution >= 4 is 15.8 Å². The van der Waals surface area contributed by atoms with Gasteiger partial charge >= 0.3 is 5.97 Å². The minimum atomic E-state index is -3.94. The monoisotopic (exact) mass is 341 g/mol. The van der Waals surface area contributed by atoms with E-state index in [9.17, 15) is 23.6 Å². The van der Waals surface area contributed by atoms with Gasteiger partial charge in [0, 0.05) is 5.92 Å². The fourth-order valence-electron chi connectivity index (χ4n) is 3.18. The summed E-state index contributed by atoms with van der Waals surface area (Å²) in [6.07, 6.45) is 0. The summed E-state index contributed by atoms with van der Waals surface area (Å²) in [5.41, 5.74) is -0.432. The Balaban J connectivity index is 2.13. The summed E-state index contributed by atoms with van der Waals surface area (Å²) < 4.78 is 25.8. The fraction of sp³-hybridized carbons (Fsp3) is 0.222. The molecule has 24 heavy (non-hydrogen) atoms. The van der Waals surface area contributed by atoms with Crippen LogP contribution in [0.25, 0.3) is 0 Å². The van der Waals surface area contributed by atoms with E-state index in [2.05, 4.69) is 0 Å². The first kappa shape index (κ1) is 16.2. The largest absolute Gasteiger partial charge is 0.480 e. The maximum absolute atomic E-state index is 12.9. The summed E-state index contributed by atoms with van der Waals surface area (Å²) in [5.74, 6) is -2.29. The van der Waals surface area contributed by atoms with E-state index in [0.29, 0.717) is 5.56 Å². The molecule has 0 radical (unpaired) electrons. The van der Waals surface area contributed by atoms with Gasteiger partial charge in [0.1, 0.15) is 5.25 Å². The van der Waals surface area contributed by atoms with Gasteiger partial charge in [-0.25, -0.2) is 8.42 Å². The Bertz CT molecular complexity index is 929. The minimum Gasteiger partial charge on any atom is -0.480 e. The van der Waals surface area contributed by atoms with Crippen molar-refractivity contribution in [3.63, 3.8) is 0 Å². The Morgan fingerprint density at radius 1 is 1.12 bits per heavy atom. The lowest BCUT2D eigenvalue weighted by atomic mass is 10.00. The highest BCUT2D eigenvalue weighted by Gasteiger charge is 2.77. The lowest BCUT2D eigenvalue weighted by Crippen LogP contribution is -2.22. The maximum atomic E-state index is 12.9. The predicted octanol–water partition coefficient (Wildman–Crippen LogP) is 2.53. The Kier molecular flexibility index (Phi) is 3.69. The van der Waals surface area contributed by atoms with Gasteiger partial charge in [0.2, 0.25) is 0 Å². The molecule has 3 rings (SSSR count). The number of sulfone groups is 1. The first-order valence-electron chi connectivity index (χ1n) is 7.36. The van der Waals surface area contributed by atoms with Crippen LogP contribution in [0.15, 0.2) is 59.5 Å². The quantitative estimate of drug-likeness (QED) is 0.922. The number of carboxylic acids is 1. The highest BCUT2D eigenvalue weighted by atomic mass is 32.2. The Morgan fingerprint density at radius 2 is 1.71 bits per heavy atom. The molecule has 0 unspecified atom stereocenters. The van der Waals surface area contributed by atoms with E-state index < -0.39 is 32.4 Å². The third-order valence-electron chi connectivity index (χ3n) is 4.51. The Morgan fingerprint density at radius 3 is 2.21 bits per heavy atom. The molecule has 0 aliphatic heterocycles. The Hall–Kier alpha value is -2.65. The SMILES string of the molecule is Cc1ccc([C@H]2[C@H](S(=O)(=O)c3ccccc3)[C@@]2(C#N)C(=O)O)cc1. The topological polar surface area (TPSA) is 95.2 Å². The summed E-state index contributed by atoms with van der Waals surface area (Å²) in [7, 11) is -3.94. The second-order valence-corrected chi connectivity index (χ2v) is 8.02. The van der Waals surface area contributed by atoms with Crippen molar-refractivity contribution in [1.29, 1.82) is 5.26 Å². The van der Waals surface area contributed by atoms with Gasteiger partial charge in [-0.05, 0) is 24.6 Å². The number of nitrogens with zero attached hydrogens (tertiary/aromatic N) is 1. The molecule has 0 spiro atoms. The number of aliphatic carboxylic acids is 1. The van der Waals surface area contributed by atoms with E-state index in [4.69, 9.17) is 0 Å². The van der Waals surface area contributed by atoms with E-state index >= 15 is 0 Å². The predicted molar refractivity (Wildman–Crippen MR) is 87.0 cm³/mol. The third kappa shape index (κ3) is 2.21. The van der Waals surface area contributed by atoms with Gasteiger partial charge in [0.05, 0.1) is 11.0 Å². The molecule has 122 valence electrons. The molecule has 0 bridgehead atoms. The third-order valence-corrected chi connectivity index (χ3v) is 6.76. The molecule has 3 atom stereocenters. The van der Waals surface area contributed by atoms with E-state index in [-0.39, 0.29) is 4.90 Å². The molecule has 0 saturated heterocycles. The summed E-state index contributed by atoms with van der Waals surface area (Å²) in [5, 5.41) is 17.8. The van der Waals surface area contributed by atoms with Gasteiger partial charge < -0.3 is 5.11 Å². The highest BCUT2D eigenvalue weighted by Crippen LogP contribution is 2.63. The van der Waals surface area contributed by atoms with Crippen molar-refractivity contribution in [2.45, 2.75) is 23.0 Å². The number of benzene rings is 2. The molecule has 1 aliphatic rings. The molecule has 0 aromatic heterocycles. The Labute approximate surface area is 140 Å². The van der Waals surface area contributed by atoms with Gasteiger partial charge in [0.15, 0.2) is 15.3 Å². The van der Waals surface area contributed by atoms with Crippen molar-refractivity contribution in [2.24, 2.45) is 5.41 Å². The first-order valence-corrected chi connectivity index (χ1v) is 8.90. The lowest BCUT2D eigenvalue weighted by molar-refractivity contribution is -0.141. The zero-order chi connectivity index (χ0) is 17.5. The molecule has 2 aromatic carbocycles. The molecule has 1 N–H and O–H groups in total. The second kappa shape index (κ2) is 5.46. The molecule has 1 saturated carbocycles. The van der Waals surface area contributed by atoms with E-state index in [0.717, 1.165) is 5.56 Å². The van der Waals surface area contributed by atoms with E-state index in [1.54, 1.807) is 48.5 Å². The van der Waals surface area contributed by atoms with Crippen LogP contribution in [-0.4, -0.2) is 24.7 Å². The van der Waals surface area contributed by atoms with Crippen LogP contribution in [0.2, 0.25) is 0 Å². The number of aryl methyl sites for hydroxylation is 1. The van der Waals surface area contributed by atoms with Crippen molar-refractivity contribution in [3.05, 3.63) is 65.7 Å². The standard InChI is InChI=1S/C18H15NO4S/c1-12-7-9-13(10-8-12)15-16(18(15,11-19)17(20)21)24(22,23)14-5-3-2-4-6-14/h2-10,15-16H,1H3,(H,20,21)/t15-,16-,18-/m0/s1. The molecule has 1 aliphatic carbocycles. The second-order valence-electron chi connectivity index (χ2n) is 5.95. The van der Waals surface area contributed by atoms with Crippen molar-refractivity contribution < 1.29 is 18.3 Å². The summed E-state index contributed by atoms with van der Waals surface area (Å²) >= 11 is 0. The smallest absolute Gasteiger partial charge is 0.326 e. The van der Waals surface area contributed by atoms with Crippen LogP contribution in [0.5, 0.6) is 0 Å². The zero-order valence-electron chi connectivity index (χ0n) is 12.9. The van der Waals surface area contributed by atoms with E-state index in [1.165, 1.54) is 12.1 Å². The number of nitriles is 1. The summed E-state index contributed by atoms with van der Waals surface area (Å²) in [4.78, 5) is 11.8. The van der Waals surface area contributed by atoms with Crippen molar-refractivity contribution in [1.82, 2.24) is 0 Å². The molecule has 0 heterocycles. The van der Waals surface area contributed by atoms with Gasteiger partial charge in [-0.15, -0.1) is 0 Å². The lowest BCUT2D eigenvalue weighted by Gasteiger charge is -2.04. The van der Waals surface area contributed by atoms with Crippen LogP contribution >= 0.6 is 0 Å². The molecular formula is C18H15NO4S. The normalized spacial score (nSPS) is 25.7. The number of carboxylic acid groups (broad SMARTS) is 1. The van der Waals surface area contributed by atoms with Gasteiger partial charge in [-0.1, -0.05) is 48.0 Å². The summed E-state index contributed by atoms with van der Waals surface area (Å²) in [6, 6.07) is 16.4. The molecule has 2 aromatic rings. The average Bonchev–Trinajstić information content (AvgIpc) is 3.28. The van der Waals surface area contributed by atoms with Gasteiger partial charge in [-0.2, -0.15) is 5.26 Å². The van der Waals surface area contributed by atoms with Crippen LogP contribution in [0.3, 0.4) is 0 Å². The number of carbonyl (C=O) groups is 1. The molecular weight excluding hydrogens is 326 g/mol. The van der Waals surface area contributed by atoms with E-state index in [1.807, 2.05) is 6.92 Å². The molecule has 0 amide bonds. The van der Waals surface area contributed by atoms with Crippen LogP contribution < -0.4 is 0 Å². The van der Waals surface area contributed by atoms with Crippen molar-refractivity contribution in [3.8, 4) is 6.07 Å². The van der Waals surface area contributed by atoms with Crippen LogP contribution in [0.4, 0.5) is 0 Å².